The van der Waals surface area contributed by atoms with Gasteiger partial charge in [0.05, 0.1) is 19.0 Å². The molecule has 2 heterocycles. The van der Waals surface area contributed by atoms with Gasteiger partial charge >= 0.3 is 11.9 Å². The van der Waals surface area contributed by atoms with Crippen molar-refractivity contribution in [2.24, 2.45) is 28.3 Å². The van der Waals surface area contributed by atoms with Crippen molar-refractivity contribution >= 4 is 71.9 Å². The van der Waals surface area contributed by atoms with Gasteiger partial charge in [-0.3, -0.25) is 43.3 Å². The number of hydrogen-bond acceptors (Lipinski definition) is 12. The van der Waals surface area contributed by atoms with Crippen LogP contribution in [0.3, 0.4) is 0 Å². The van der Waals surface area contributed by atoms with Crippen LogP contribution >= 0.6 is 12.6 Å². The minimum atomic E-state index is -1.65. The molecular weight excluding hydrogens is 783 g/mol. The summed E-state index contributed by atoms with van der Waals surface area (Å²) < 4.78 is 0. The summed E-state index contributed by atoms with van der Waals surface area (Å²) >= 11 is 4.18. The lowest BCUT2D eigenvalue weighted by atomic mass is 10.0. The topological polar surface area (TPSA) is 346 Å². The highest BCUT2D eigenvalue weighted by atomic mass is 32.1. The molecule has 2 rings (SSSR count). The molecular formula is C35H59N11O11S. The lowest BCUT2D eigenvalue weighted by Crippen LogP contribution is -2.59. The maximum atomic E-state index is 13.8. The Morgan fingerprint density at radius 2 is 1.43 bits per heavy atom. The second-order valence-corrected chi connectivity index (χ2v) is 15.2. The van der Waals surface area contributed by atoms with Crippen molar-refractivity contribution in [2.75, 3.05) is 31.9 Å². The lowest BCUT2D eigenvalue weighted by Gasteiger charge is -2.31. The highest BCUT2D eigenvalue weighted by Gasteiger charge is 2.40. The number of guanidine groups is 1. The molecule has 0 unspecified atom stereocenters. The number of likely N-dealkylation sites (tertiary alicyclic amines) is 1. The third-order valence-corrected chi connectivity index (χ3v) is 9.89. The van der Waals surface area contributed by atoms with Crippen molar-refractivity contribution in [3.8, 4) is 0 Å². The molecule has 0 aliphatic carbocycles. The van der Waals surface area contributed by atoms with E-state index < -0.39 is 114 Å². The van der Waals surface area contributed by atoms with Crippen LogP contribution in [-0.2, 0) is 43.2 Å². The first-order valence-electron chi connectivity index (χ1n) is 19.2. The molecule has 0 aromatic carbocycles. The molecule has 0 aromatic rings. The molecule has 2 fully saturated rings. The normalized spacial score (nSPS) is 18.8. The van der Waals surface area contributed by atoms with Gasteiger partial charge in [-0.15, -0.1) is 0 Å². The molecule has 13 N–H and O–H groups in total. The molecule has 2 saturated heterocycles. The Balaban J connectivity index is 2.06. The van der Waals surface area contributed by atoms with Gasteiger partial charge < -0.3 is 63.8 Å². The maximum Gasteiger partial charge on any atom is 0.326 e. The number of nitrogens with zero attached hydrogens (tertiary/aromatic N) is 2. The molecule has 326 valence electrons. The van der Waals surface area contributed by atoms with Crippen molar-refractivity contribution in [3.63, 3.8) is 0 Å². The minimum Gasteiger partial charge on any atom is -0.481 e. The van der Waals surface area contributed by atoms with Crippen molar-refractivity contribution in [2.45, 2.75) is 115 Å². The van der Waals surface area contributed by atoms with Crippen LogP contribution < -0.4 is 48.7 Å². The highest BCUT2D eigenvalue weighted by molar-refractivity contribution is 7.80. The van der Waals surface area contributed by atoms with E-state index >= 15 is 0 Å². The fourth-order valence-corrected chi connectivity index (χ4v) is 6.61. The van der Waals surface area contributed by atoms with Crippen molar-refractivity contribution in [1.82, 2.24) is 42.1 Å². The summed E-state index contributed by atoms with van der Waals surface area (Å²) in [4.78, 5) is 121. The van der Waals surface area contributed by atoms with Gasteiger partial charge in [0.25, 0.3) is 0 Å². The zero-order chi connectivity index (χ0) is 43.7. The number of nitrogens with one attached hydrogen (secondary N) is 7. The van der Waals surface area contributed by atoms with E-state index in [4.69, 9.17) is 11.5 Å². The van der Waals surface area contributed by atoms with Crippen LogP contribution in [0.25, 0.3) is 0 Å². The Labute approximate surface area is 342 Å². The van der Waals surface area contributed by atoms with Crippen molar-refractivity contribution in [3.05, 3.63) is 0 Å². The molecule has 0 bridgehead atoms. The molecule has 2 aliphatic rings. The van der Waals surface area contributed by atoms with Crippen molar-refractivity contribution in [1.29, 1.82) is 0 Å². The zero-order valence-electron chi connectivity index (χ0n) is 33.2. The third kappa shape index (κ3) is 15.6. The number of carboxylic acid groups (broad SMARTS) is 2. The number of hydrogen-bond donors (Lipinski definition) is 12. The van der Waals surface area contributed by atoms with E-state index in [2.05, 4.69) is 54.8 Å². The van der Waals surface area contributed by atoms with Gasteiger partial charge in [-0.2, -0.15) is 12.6 Å². The number of thiol groups is 1. The van der Waals surface area contributed by atoms with Crippen LogP contribution in [0.4, 0.5) is 0 Å². The average molecular weight is 842 g/mol. The summed E-state index contributed by atoms with van der Waals surface area (Å²) in [6, 6.07) is -8.02. The van der Waals surface area contributed by atoms with Crippen LogP contribution in [-0.4, -0.2) is 149 Å². The Morgan fingerprint density at radius 1 is 0.793 bits per heavy atom. The number of rotatable bonds is 23. The summed E-state index contributed by atoms with van der Waals surface area (Å²) in [7, 11) is 0. The number of nitrogens with two attached hydrogens (primary N) is 2. The molecule has 0 aromatic heterocycles. The molecule has 7 atom stereocenters. The molecule has 22 nitrogen and oxygen atoms in total. The molecule has 0 radical (unpaired) electrons. The Kier molecular flexibility index (Phi) is 20.2. The highest BCUT2D eigenvalue weighted by Crippen LogP contribution is 2.21. The quantitative estimate of drug-likeness (QED) is 0.0203. The van der Waals surface area contributed by atoms with E-state index in [0.29, 0.717) is 25.8 Å². The van der Waals surface area contributed by atoms with Crippen molar-refractivity contribution < 1.29 is 53.4 Å². The fraction of sp³-hybridized carbons (Fsp3) is 0.714. The van der Waals surface area contributed by atoms with E-state index in [0.717, 1.165) is 6.42 Å². The molecule has 23 heteroatoms. The Hall–Kier alpha value is -5.19. The number of aliphatic carboxylic acids is 2. The van der Waals surface area contributed by atoms with Crippen LogP contribution in [0.5, 0.6) is 0 Å². The largest absolute Gasteiger partial charge is 0.481 e. The first-order chi connectivity index (χ1) is 27.3. The van der Waals surface area contributed by atoms with Gasteiger partial charge in [0.1, 0.15) is 36.3 Å². The first kappa shape index (κ1) is 49.0. The van der Waals surface area contributed by atoms with E-state index in [1.807, 2.05) is 0 Å². The lowest BCUT2D eigenvalue weighted by molar-refractivity contribution is -0.146. The van der Waals surface area contributed by atoms with E-state index in [9.17, 15) is 53.4 Å². The number of carboxylic acids is 2. The van der Waals surface area contributed by atoms with Gasteiger partial charge in [0.2, 0.25) is 41.4 Å². The number of carbonyl (C=O) groups excluding carboxylic acids is 7. The third-order valence-electron chi connectivity index (χ3n) is 9.52. The smallest absolute Gasteiger partial charge is 0.326 e. The van der Waals surface area contributed by atoms with Crippen LogP contribution in [0, 0.1) is 11.8 Å². The molecule has 7 amide bonds. The van der Waals surface area contributed by atoms with Crippen LogP contribution in [0.2, 0.25) is 0 Å². The van der Waals surface area contributed by atoms with E-state index in [1.165, 1.54) is 4.90 Å². The first-order valence-corrected chi connectivity index (χ1v) is 19.8. The van der Waals surface area contributed by atoms with Gasteiger partial charge in [-0.1, -0.05) is 27.7 Å². The second-order valence-electron chi connectivity index (χ2n) is 14.8. The number of amides is 7. The number of carbonyl (C=O) groups is 9. The van der Waals surface area contributed by atoms with Gasteiger partial charge in [0, 0.05) is 18.8 Å². The summed E-state index contributed by atoms with van der Waals surface area (Å²) in [5.41, 5.74) is 10.8. The minimum absolute atomic E-state index is 0.104. The summed E-state index contributed by atoms with van der Waals surface area (Å²) in [6.07, 6.45) is 1.56. The van der Waals surface area contributed by atoms with Gasteiger partial charge in [-0.05, 0) is 56.9 Å². The van der Waals surface area contributed by atoms with Gasteiger partial charge in [-0.25, -0.2) is 4.79 Å². The Bertz CT molecular complexity index is 1540. The zero-order valence-corrected chi connectivity index (χ0v) is 34.1. The SMILES string of the molecule is CC(C)[C@H](NC(=O)[C@H](CC(=O)O)NC(=O)[C@@H]1CCCN1C(=O)[C@@H](NC(=O)CNC(=O)[C@H](CS)NC(=O)[C@H](CCCN=C(N)N)NC(=O)[C@@H]1CCCN1)C(C)C)C(=O)O. The van der Waals surface area contributed by atoms with Crippen LogP contribution in [0.1, 0.15) is 72.6 Å². The molecule has 0 spiro atoms. The predicted molar refractivity (Wildman–Crippen MR) is 212 cm³/mol. The second kappa shape index (κ2) is 23.9. The molecule has 0 saturated carbocycles. The maximum absolute atomic E-state index is 13.8. The van der Waals surface area contributed by atoms with E-state index in [-0.39, 0.29) is 43.6 Å². The number of aliphatic imine (C=N–C) groups is 1. The summed E-state index contributed by atoms with van der Waals surface area (Å²) in [5.74, 6) is -9.22. The average Bonchev–Trinajstić information content (AvgIpc) is 3.87. The van der Waals surface area contributed by atoms with E-state index in [1.54, 1.807) is 27.7 Å². The van der Waals surface area contributed by atoms with Crippen LogP contribution in [0.15, 0.2) is 4.99 Å². The standard InChI is InChI=1S/C35H59N11O11S/c1-17(2)26(33(55)46-13-7-10-23(46)32(54)42-21(14-25(48)49)31(53)45-27(18(3)4)34(56)57)44-24(47)15-40-28(50)22(16-58)43-30(52)20(9-6-12-39-35(36)37)41-29(51)19-8-5-11-38-19/h17-23,26-27,38,58H,5-16H2,1-4H3,(H,40,50)(H,41,51)(H,42,54)(H,43,52)(H,44,47)(H,45,53)(H,48,49)(H,56,57)(H4,36,37,39)/t19-,20-,21-,22-,23-,26-,27-/m0/s1. The monoisotopic (exact) mass is 841 g/mol. The van der Waals surface area contributed by atoms with Gasteiger partial charge in [0.15, 0.2) is 5.96 Å². The predicted octanol–water partition coefficient (Wildman–Crippen LogP) is -3.88. The molecule has 2 aliphatic heterocycles. The summed E-state index contributed by atoms with van der Waals surface area (Å²) in [6.45, 7) is 6.73. The molecule has 58 heavy (non-hydrogen) atoms. The summed E-state index contributed by atoms with van der Waals surface area (Å²) in [5, 5.41) is 36.8. The fourth-order valence-electron chi connectivity index (χ4n) is 6.35. The Morgan fingerprint density at radius 3 is 1.98 bits per heavy atom.